The highest BCUT2D eigenvalue weighted by atomic mass is 16.6. The number of nitrogens with two attached hydrogens (primary N) is 1. The number of hydrogen-bond donors (Lipinski definition) is 6. The van der Waals surface area contributed by atoms with Crippen molar-refractivity contribution >= 4 is 23.8 Å². The number of primary amides is 1. The van der Waals surface area contributed by atoms with Gasteiger partial charge >= 0.3 is 6.09 Å². The number of aliphatic hydroxyl groups is 2. The van der Waals surface area contributed by atoms with Crippen LogP contribution < -0.4 is 21.7 Å². The summed E-state index contributed by atoms with van der Waals surface area (Å²) in [5.41, 5.74) is 6.22. The van der Waals surface area contributed by atoms with Crippen LogP contribution in [-0.4, -0.2) is 70.0 Å². The third-order valence-electron chi connectivity index (χ3n) is 6.53. The van der Waals surface area contributed by atoms with E-state index in [1.807, 2.05) is 60.7 Å². The molecule has 0 aliphatic rings. The maximum Gasteiger partial charge on any atom is 0.407 e. The lowest BCUT2D eigenvalue weighted by molar-refractivity contribution is -0.133. The van der Waals surface area contributed by atoms with E-state index in [1.54, 1.807) is 20.8 Å². The van der Waals surface area contributed by atoms with E-state index in [1.165, 1.54) is 13.8 Å². The normalized spacial score (nSPS) is 15.7. The van der Waals surface area contributed by atoms with E-state index in [2.05, 4.69) is 16.0 Å². The van der Waals surface area contributed by atoms with Crippen molar-refractivity contribution in [3.8, 4) is 0 Å². The monoisotopic (exact) mass is 584 g/mol. The van der Waals surface area contributed by atoms with Gasteiger partial charge in [-0.05, 0) is 65.0 Å². The largest absolute Gasteiger partial charge is 0.444 e. The van der Waals surface area contributed by atoms with Crippen LogP contribution in [0.2, 0.25) is 0 Å². The minimum Gasteiger partial charge on any atom is -0.444 e. The van der Waals surface area contributed by atoms with Crippen LogP contribution in [0.15, 0.2) is 60.7 Å². The first kappa shape index (κ1) is 34.2. The minimum atomic E-state index is -1.32. The van der Waals surface area contributed by atoms with E-state index < -0.39 is 65.7 Å². The van der Waals surface area contributed by atoms with Crippen LogP contribution >= 0.6 is 0 Å². The Kier molecular flexibility index (Phi) is 12.9. The number of rotatable bonds is 14. The lowest BCUT2D eigenvalue weighted by Gasteiger charge is -2.29. The van der Waals surface area contributed by atoms with E-state index in [4.69, 9.17) is 10.5 Å². The van der Waals surface area contributed by atoms with Crippen molar-refractivity contribution in [3.05, 3.63) is 71.8 Å². The summed E-state index contributed by atoms with van der Waals surface area (Å²) in [6.45, 7) is 7.96. The van der Waals surface area contributed by atoms with Crippen molar-refractivity contribution in [2.75, 3.05) is 0 Å². The zero-order valence-corrected chi connectivity index (χ0v) is 24.9. The number of carbonyl (C=O) groups excluding carboxylic acids is 4. The van der Waals surface area contributed by atoms with Gasteiger partial charge in [-0.1, -0.05) is 60.7 Å². The third kappa shape index (κ3) is 11.9. The zero-order valence-electron chi connectivity index (χ0n) is 24.9. The van der Waals surface area contributed by atoms with Crippen molar-refractivity contribution < 1.29 is 34.1 Å². The summed E-state index contributed by atoms with van der Waals surface area (Å²) < 4.78 is 5.41. The SMILES string of the molecule is CC(O)[C@H](NC(=O)[C@H](C)NC(=O)[C@H](Cc1ccccc1)C[C@@H](O)[C@H](Cc1ccccc1)NC(=O)OC(C)(C)C)C(N)=O. The minimum absolute atomic E-state index is 0.0417. The molecule has 0 aromatic heterocycles. The molecule has 0 radical (unpaired) electrons. The van der Waals surface area contributed by atoms with E-state index >= 15 is 0 Å². The Labute approximate surface area is 247 Å². The van der Waals surface area contributed by atoms with Gasteiger partial charge in [0.05, 0.1) is 18.2 Å². The predicted molar refractivity (Wildman–Crippen MR) is 158 cm³/mol. The number of amides is 4. The van der Waals surface area contributed by atoms with E-state index in [0.29, 0.717) is 0 Å². The molecule has 0 saturated carbocycles. The average Bonchev–Trinajstić information content (AvgIpc) is 2.90. The van der Waals surface area contributed by atoms with Gasteiger partial charge in [-0.25, -0.2) is 4.79 Å². The van der Waals surface area contributed by atoms with Gasteiger partial charge in [0.25, 0.3) is 0 Å². The van der Waals surface area contributed by atoms with Crippen LogP contribution in [-0.2, 0) is 32.0 Å². The molecule has 1 unspecified atom stereocenters. The number of ether oxygens (including phenoxy) is 1. The highest BCUT2D eigenvalue weighted by Gasteiger charge is 2.32. The summed E-state index contributed by atoms with van der Waals surface area (Å²) >= 11 is 0. The Morgan fingerprint density at radius 3 is 1.81 bits per heavy atom. The molecule has 2 aromatic carbocycles. The van der Waals surface area contributed by atoms with Gasteiger partial charge in [-0.2, -0.15) is 0 Å². The first-order chi connectivity index (χ1) is 19.7. The molecule has 0 aliphatic heterocycles. The summed E-state index contributed by atoms with van der Waals surface area (Å²) in [4.78, 5) is 50.4. The summed E-state index contributed by atoms with van der Waals surface area (Å²) in [5, 5.41) is 28.9. The fourth-order valence-corrected chi connectivity index (χ4v) is 4.35. The summed E-state index contributed by atoms with van der Waals surface area (Å²) in [7, 11) is 0. The van der Waals surface area contributed by atoms with Crippen LogP contribution in [0.1, 0.15) is 52.2 Å². The molecular formula is C31H44N4O7. The predicted octanol–water partition coefficient (Wildman–Crippen LogP) is 1.59. The van der Waals surface area contributed by atoms with Crippen molar-refractivity contribution in [2.24, 2.45) is 11.7 Å². The maximum absolute atomic E-state index is 13.5. The van der Waals surface area contributed by atoms with Gasteiger partial charge in [0.2, 0.25) is 17.7 Å². The Balaban J connectivity index is 2.25. The van der Waals surface area contributed by atoms with Crippen LogP contribution in [0.3, 0.4) is 0 Å². The first-order valence-corrected chi connectivity index (χ1v) is 14.0. The van der Waals surface area contributed by atoms with Gasteiger partial charge < -0.3 is 36.6 Å². The van der Waals surface area contributed by atoms with Crippen LogP contribution in [0.4, 0.5) is 4.79 Å². The first-order valence-electron chi connectivity index (χ1n) is 14.0. The van der Waals surface area contributed by atoms with Crippen LogP contribution in [0, 0.1) is 5.92 Å². The Hall–Kier alpha value is -3.96. The van der Waals surface area contributed by atoms with Crippen molar-refractivity contribution in [3.63, 3.8) is 0 Å². The maximum atomic E-state index is 13.5. The molecule has 0 bridgehead atoms. The quantitative estimate of drug-likeness (QED) is 0.195. The molecule has 2 aromatic rings. The summed E-state index contributed by atoms with van der Waals surface area (Å²) in [6, 6.07) is 15.3. The Bertz CT molecular complexity index is 1170. The molecule has 11 heteroatoms. The second kappa shape index (κ2) is 15.9. The van der Waals surface area contributed by atoms with Crippen LogP contribution in [0.5, 0.6) is 0 Å². The zero-order chi connectivity index (χ0) is 31.4. The molecule has 0 aliphatic carbocycles. The number of benzene rings is 2. The second-order valence-corrected chi connectivity index (χ2v) is 11.5. The molecule has 0 saturated heterocycles. The molecule has 6 atom stereocenters. The number of nitrogens with one attached hydrogen (secondary N) is 3. The summed E-state index contributed by atoms with van der Waals surface area (Å²) in [5.74, 6) is -2.92. The lowest BCUT2D eigenvalue weighted by Crippen LogP contribution is -2.56. The highest BCUT2D eigenvalue weighted by Crippen LogP contribution is 2.20. The molecule has 11 nitrogen and oxygen atoms in total. The molecule has 7 N–H and O–H groups in total. The van der Waals surface area contributed by atoms with E-state index in [9.17, 15) is 29.4 Å². The van der Waals surface area contributed by atoms with Crippen LogP contribution in [0.25, 0.3) is 0 Å². The number of hydrogen-bond acceptors (Lipinski definition) is 7. The van der Waals surface area contributed by atoms with Crippen molar-refractivity contribution in [1.29, 1.82) is 0 Å². The lowest BCUT2D eigenvalue weighted by atomic mass is 9.88. The Morgan fingerprint density at radius 1 is 0.810 bits per heavy atom. The third-order valence-corrected chi connectivity index (χ3v) is 6.53. The number of alkyl carbamates (subject to hydrolysis) is 1. The topological polar surface area (TPSA) is 180 Å². The Morgan fingerprint density at radius 2 is 1.33 bits per heavy atom. The van der Waals surface area contributed by atoms with E-state index in [-0.39, 0.29) is 19.3 Å². The van der Waals surface area contributed by atoms with Gasteiger partial charge in [-0.3, -0.25) is 14.4 Å². The van der Waals surface area contributed by atoms with E-state index in [0.717, 1.165) is 11.1 Å². The molecule has 0 fully saturated rings. The van der Waals surface area contributed by atoms with Crippen molar-refractivity contribution in [2.45, 2.75) is 89.8 Å². The highest BCUT2D eigenvalue weighted by molar-refractivity contribution is 5.92. The number of carbonyl (C=O) groups is 4. The molecule has 2 rings (SSSR count). The fourth-order valence-electron chi connectivity index (χ4n) is 4.35. The fraction of sp³-hybridized carbons (Fsp3) is 0.484. The smallest absolute Gasteiger partial charge is 0.407 e. The van der Waals surface area contributed by atoms with Gasteiger partial charge in [0, 0.05) is 5.92 Å². The molecule has 0 heterocycles. The average molecular weight is 585 g/mol. The summed E-state index contributed by atoms with van der Waals surface area (Å²) in [6.07, 6.45) is -2.59. The molecule has 4 amide bonds. The van der Waals surface area contributed by atoms with Crippen molar-refractivity contribution in [1.82, 2.24) is 16.0 Å². The molecule has 0 spiro atoms. The van der Waals surface area contributed by atoms with Gasteiger partial charge in [0.15, 0.2) is 0 Å². The molecular weight excluding hydrogens is 540 g/mol. The van der Waals surface area contributed by atoms with Gasteiger partial charge in [0.1, 0.15) is 17.7 Å². The van der Waals surface area contributed by atoms with Gasteiger partial charge in [-0.15, -0.1) is 0 Å². The standard InChI is InChI=1S/C31H44N4O7/c1-19(28(39)35-26(20(2)36)27(32)38)33-29(40)23(16-21-12-8-6-9-13-21)18-25(37)24(17-22-14-10-7-11-15-22)34-30(41)42-31(3,4)5/h6-15,19-20,23-26,36-37H,16-18H2,1-5H3,(H2,32,38)(H,33,40)(H,34,41)(H,35,39)/t19-,20?,23+,24-,25+,26-/m0/s1. The molecule has 42 heavy (non-hydrogen) atoms. The second-order valence-electron chi connectivity index (χ2n) is 11.5. The number of aliphatic hydroxyl groups excluding tert-OH is 2. The molecule has 230 valence electrons.